The molecular formula is C17H28N2O. The van der Waals surface area contributed by atoms with E-state index in [-0.39, 0.29) is 6.04 Å². The SMILES string of the molecule is COc1ccc2c(c1)CCC(N(C)CC(C)(C)C)C2N. The summed E-state index contributed by atoms with van der Waals surface area (Å²) >= 11 is 0. The largest absolute Gasteiger partial charge is 0.497 e. The second kappa shape index (κ2) is 5.74. The summed E-state index contributed by atoms with van der Waals surface area (Å²) in [5.74, 6) is 0.928. The number of nitrogens with zero attached hydrogens (tertiary/aromatic N) is 1. The van der Waals surface area contributed by atoms with Gasteiger partial charge in [-0.2, -0.15) is 0 Å². The van der Waals surface area contributed by atoms with Gasteiger partial charge in [0.05, 0.1) is 7.11 Å². The molecule has 2 unspecified atom stereocenters. The Balaban J connectivity index is 2.17. The van der Waals surface area contributed by atoms with Gasteiger partial charge in [-0.25, -0.2) is 0 Å². The Morgan fingerprint density at radius 3 is 2.65 bits per heavy atom. The fraction of sp³-hybridized carbons (Fsp3) is 0.647. The van der Waals surface area contributed by atoms with Crippen LogP contribution >= 0.6 is 0 Å². The van der Waals surface area contributed by atoms with E-state index in [9.17, 15) is 0 Å². The number of hydrogen-bond donors (Lipinski definition) is 1. The van der Waals surface area contributed by atoms with E-state index in [2.05, 4.69) is 44.9 Å². The van der Waals surface area contributed by atoms with E-state index in [0.29, 0.717) is 11.5 Å². The summed E-state index contributed by atoms with van der Waals surface area (Å²) in [5, 5.41) is 0. The predicted molar refractivity (Wildman–Crippen MR) is 84.1 cm³/mol. The molecule has 2 rings (SSSR count). The second-order valence-electron chi connectivity index (χ2n) is 7.17. The van der Waals surface area contributed by atoms with Crippen molar-refractivity contribution in [2.75, 3.05) is 20.7 Å². The van der Waals surface area contributed by atoms with Gasteiger partial charge in [-0.05, 0) is 48.6 Å². The van der Waals surface area contributed by atoms with Crippen LogP contribution in [0.3, 0.4) is 0 Å². The van der Waals surface area contributed by atoms with Crippen molar-refractivity contribution >= 4 is 0 Å². The third-order valence-electron chi connectivity index (χ3n) is 4.12. The van der Waals surface area contributed by atoms with Crippen LogP contribution in [0.25, 0.3) is 0 Å². The van der Waals surface area contributed by atoms with Crippen molar-refractivity contribution in [2.24, 2.45) is 11.1 Å². The van der Waals surface area contributed by atoms with Gasteiger partial charge in [0.25, 0.3) is 0 Å². The summed E-state index contributed by atoms with van der Waals surface area (Å²) in [4.78, 5) is 2.43. The lowest BCUT2D eigenvalue weighted by Crippen LogP contribution is -2.46. The number of hydrogen-bond acceptors (Lipinski definition) is 3. The number of rotatable bonds is 3. The van der Waals surface area contributed by atoms with Crippen molar-refractivity contribution in [3.63, 3.8) is 0 Å². The zero-order valence-corrected chi connectivity index (χ0v) is 13.4. The van der Waals surface area contributed by atoms with Gasteiger partial charge in [0.1, 0.15) is 5.75 Å². The van der Waals surface area contributed by atoms with Crippen LogP contribution in [-0.2, 0) is 6.42 Å². The zero-order chi connectivity index (χ0) is 14.9. The number of aryl methyl sites for hydroxylation is 1. The maximum Gasteiger partial charge on any atom is 0.119 e. The lowest BCUT2D eigenvalue weighted by atomic mass is 9.83. The minimum absolute atomic E-state index is 0.0945. The smallest absolute Gasteiger partial charge is 0.119 e. The molecule has 3 heteroatoms. The van der Waals surface area contributed by atoms with Crippen molar-refractivity contribution in [1.29, 1.82) is 0 Å². The molecule has 1 aromatic rings. The Morgan fingerprint density at radius 1 is 1.35 bits per heavy atom. The van der Waals surface area contributed by atoms with Gasteiger partial charge in [-0.1, -0.05) is 26.8 Å². The maximum absolute atomic E-state index is 6.52. The Morgan fingerprint density at radius 2 is 2.05 bits per heavy atom. The molecule has 112 valence electrons. The molecule has 0 aromatic heterocycles. The minimum Gasteiger partial charge on any atom is -0.497 e. The first-order chi connectivity index (χ1) is 9.31. The predicted octanol–water partition coefficient (Wildman–Crippen LogP) is 2.99. The number of ether oxygens (including phenoxy) is 1. The van der Waals surface area contributed by atoms with Gasteiger partial charge in [0.15, 0.2) is 0 Å². The van der Waals surface area contributed by atoms with Crippen LogP contribution in [0.5, 0.6) is 5.75 Å². The number of fused-ring (bicyclic) bond motifs is 1. The van der Waals surface area contributed by atoms with E-state index in [1.165, 1.54) is 11.1 Å². The lowest BCUT2D eigenvalue weighted by molar-refractivity contribution is 0.140. The van der Waals surface area contributed by atoms with E-state index in [4.69, 9.17) is 10.5 Å². The third kappa shape index (κ3) is 3.33. The molecule has 0 fully saturated rings. The van der Waals surface area contributed by atoms with Crippen LogP contribution in [-0.4, -0.2) is 31.6 Å². The van der Waals surface area contributed by atoms with E-state index >= 15 is 0 Å². The molecule has 0 amide bonds. The average molecular weight is 276 g/mol. The summed E-state index contributed by atoms with van der Waals surface area (Å²) in [7, 11) is 3.91. The molecule has 3 nitrogen and oxygen atoms in total. The molecular weight excluding hydrogens is 248 g/mol. The van der Waals surface area contributed by atoms with Crippen LogP contribution < -0.4 is 10.5 Å². The molecule has 1 aliphatic rings. The van der Waals surface area contributed by atoms with Gasteiger partial charge >= 0.3 is 0 Å². The summed E-state index contributed by atoms with van der Waals surface area (Å²) in [6, 6.07) is 6.81. The molecule has 0 saturated carbocycles. The highest BCUT2D eigenvalue weighted by molar-refractivity contribution is 5.40. The van der Waals surface area contributed by atoms with Gasteiger partial charge in [0.2, 0.25) is 0 Å². The molecule has 20 heavy (non-hydrogen) atoms. The molecule has 0 heterocycles. The molecule has 1 aromatic carbocycles. The van der Waals surface area contributed by atoms with Crippen molar-refractivity contribution in [2.45, 2.75) is 45.7 Å². The molecule has 0 aliphatic heterocycles. The van der Waals surface area contributed by atoms with E-state index < -0.39 is 0 Å². The number of nitrogens with two attached hydrogens (primary N) is 1. The number of likely N-dealkylation sites (N-methyl/N-ethyl adjacent to an activating group) is 1. The second-order valence-corrected chi connectivity index (χ2v) is 7.17. The Labute approximate surface area is 123 Å². The molecule has 2 N–H and O–H groups in total. The number of methoxy groups -OCH3 is 1. The summed E-state index contributed by atoms with van der Waals surface area (Å²) in [6.45, 7) is 7.89. The highest BCUT2D eigenvalue weighted by atomic mass is 16.5. The zero-order valence-electron chi connectivity index (χ0n) is 13.4. The fourth-order valence-corrected chi connectivity index (χ4v) is 3.30. The highest BCUT2D eigenvalue weighted by Crippen LogP contribution is 2.34. The quantitative estimate of drug-likeness (QED) is 0.922. The minimum atomic E-state index is 0.0945. The van der Waals surface area contributed by atoms with Gasteiger partial charge in [-0.3, -0.25) is 0 Å². The standard InChI is InChI=1S/C17H28N2O/c1-17(2,3)11-19(4)15-9-6-12-10-13(20-5)7-8-14(12)16(15)18/h7-8,10,15-16H,6,9,11,18H2,1-5H3. The van der Waals surface area contributed by atoms with Crippen molar-refractivity contribution in [3.05, 3.63) is 29.3 Å². The highest BCUT2D eigenvalue weighted by Gasteiger charge is 2.31. The van der Waals surface area contributed by atoms with Crippen LogP contribution in [0.1, 0.15) is 44.4 Å². The van der Waals surface area contributed by atoms with Crippen LogP contribution in [0.2, 0.25) is 0 Å². The van der Waals surface area contributed by atoms with E-state index in [0.717, 1.165) is 25.1 Å². The van der Waals surface area contributed by atoms with Crippen molar-refractivity contribution in [3.8, 4) is 5.75 Å². The Bertz CT molecular complexity index is 465. The van der Waals surface area contributed by atoms with Gasteiger partial charge in [0, 0.05) is 18.6 Å². The molecule has 0 radical (unpaired) electrons. The fourth-order valence-electron chi connectivity index (χ4n) is 3.30. The summed E-state index contributed by atoms with van der Waals surface area (Å²) in [6.07, 6.45) is 2.20. The van der Waals surface area contributed by atoms with Gasteiger partial charge < -0.3 is 15.4 Å². The molecule has 0 spiro atoms. The summed E-state index contributed by atoms with van der Waals surface area (Å²) < 4.78 is 5.30. The van der Waals surface area contributed by atoms with Crippen LogP contribution in [0.15, 0.2) is 18.2 Å². The van der Waals surface area contributed by atoms with Crippen molar-refractivity contribution in [1.82, 2.24) is 4.90 Å². The van der Waals surface area contributed by atoms with Crippen molar-refractivity contribution < 1.29 is 4.74 Å². The molecule has 0 saturated heterocycles. The normalized spacial score (nSPS) is 22.8. The first kappa shape index (κ1) is 15.3. The monoisotopic (exact) mass is 276 g/mol. The van der Waals surface area contributed by atoms with Crippen LogP contribution in [0, 0.1) is 5.41 Å². The average Bonchev–Trinajstić information content (AvgIpc) is 2.36. The molecule has 1 aliphatic carbocycles. The first-order valence-corrected chi connectivity index (χ1v) is 7.44. The summed E-state index contributed by atoms with van der Waals surface area (Å²) in [5.41, 5.74) is 9.44. The number of benzene rings is 1. The first-order valence-electron chi connectivity index (χ1n) is 7.44. The van der Waals surface area contributed by atoms with E-state index in [1.807, 2.05) is 6.07 Å². The third-order valence-corrected chi connectivity index (χ3v) is 4.12. The topological polar surface area (TPSA) is 38.5 Å². The van der Waals surface area contributed by atoms with E-state index in [1.54, 1.807) is 7.11 Å². The van der Waals surface area contributed by atoms with Crippen LogP contribution in [0.4, 0.5) is 0 Å². The molecule has 0 bridgehead atoms. The lowest BCUT2D eigenvalue weighted by Gasteiger charge is -2.40. The van der Waals surface area contributed by atoms with Gasteiger partial charge in [-0.15, -0.1) is 0 Å². The maximum atomic E-state index is 6.52. The Kier molecular flexibility index (Phi) is 4.40. The Hall–Kier alpha value is -1.06. The molecule has 2 atom stereocenters.